The fourth-order valence-electron chi connectivity index (χ4n) is 1.37. The lowest BCUT2D eigenvalue weighted by atomic mass is 10.2. The molecule has 0 amide bonds. The first kappa shape index (κ1) is 9.86. The predicted octanol–water partition coefficient (Wildman–Crippen LogP) is 2.66. The van der Waals surface area contributed by atoms with Gasteiger partial charge in [0.15, 0.2) is 11.1 Å². The number of aryl methyl sites for hydroxylation is 1. The van der Waals surface area contributed by atoms with E-state index in [-0.39, 0.29) is 0 Å². The van der Waals surface area contributed by atoms with Crippen LogP contribution in [0.2, 0.25) is 0 Å². The lowest BCUT2D eigenvalue weighted by Crippen LogP contribution is -1.91. The standard InChI is InChI=1S/C11H10N2OS/c1-8-2-4-10(5-3-8)13-6-9(7-14)12-11(13)15/h2-7H,1H3,(H,12,15). The van der Waals surface area contributed by atoms with Crippen LogP contribution in [0.5, 0.6) is 0 Å². The zero-order valence-corrected chi connectivity index (χ0v) is 9.04. The molecule has 2 aromatic rings. The first-order chi connectivity index (χ1) is 7.20. The minimum Gasteiger partial charge on any atom is -0.328 e. The number of carbonyl (C=O) groups is 1. The second kappa shape index (κ2) is 3.82. The number of nitrogens with zero attached hydrogens (tertiary/aromatic N) is 1. The van der Waals surface area contributed by atoms with Crippen LogP contribution in [0.3, 0.4) is 0 Å². The van der Waals surface area contributed by atoms with Gasteiger partial charge in [-0.25, -0.2) is 0 Å². The average Bonchev–Trinajstić information content (AvgIpc) is 2.61. The number of aromatic amines is 1. The van der Waals surface area contributed by atoms with E-state index in [0.29, 0.717) is 10.5 Å². The summed E-state index contributed by atoms with van der Waals surface area (Å²) < 4.78 is 2.30. The highest BCUT2D eigenvalue weighted by Gasteiger charge is 2.00. The minimum atomic E-state index is 0.487. The number of hydrogen-bond donors (Lipinski definition) is 1. The summed E-state index contributed by atoms with van der Waals surface area (Å²) in [6, 6.07) is 7.94. The third-order valence-electron chi connectivity index (χ3n) is 2.18. The Balaban J connectivity index is 2.53. The molecule has 0 saturated heterocycles. The first-order valence-corrected chi connectivity index (χ1v) is 4.95. The van der Waals surface area contributed by atoms with Crippen molar-refractivity contribution in [1.82, 2.24) is 9.55 Å². The molecule has 1 N–H and O–H groups in total. The number of hydrogen-bond acceptors (Lipinski definition) is 2. The number of rotatable bonds is 2. The number of nitrogens with one attached hydrogen (secondary N) is 1. The topological polar surface area (TPSA) is 37.8 Å². The van der Waals surface area contributed by atoms with Gasteiger partial charge >= 0.3 is 0 Å². The molecule has 3 nitrogen and oxygen atoms in total. The van der Waals surface area contributed by atoms with Gasteiger partial charge < -0.3 is 4.98 Å². The third-order valence-corrected chi connectivity index (χ3v) is 2.48. The van der Waals surface area contributed by atoms with E-state index >= 15 is 0 Å². The predicted molar refractivity (Wildman–Crippen MR) is 61.1 cm³/mol. The van der Waals surface area contributed by atoms with Crippen molar-refractivity contribution in [3.8, 4) is 5.69 Å². The zero-order chi connectivity index (χ0) is 10.8. The highest BCUT2D eigenvalue weighted by molar-refractivity contribution is 7.71. The molecule has 0 saturated carbocycles. The quantitative estimate of drug-likeness (QED) is 0.621. The van der Waals surface area contributed by atoms with Crippen LogP contribution in [0.15, 0.2) is 30.5 Å². The summed E-state index contributed by atoms with van der Waals surface area (Å²) in [6.45, 7) is 2.02. The van der Waals surface area contributed by atoms with Gasteiger partial charge in [-0.2, -0.15) is 0 Å². The monoisotopic (exact) mass is 218 g/mol. The van der Waals surface area contributed by atoms with Crippen LogP contribution in [-0.2, 0) is 0 Å². The van der Waals surface area contributed by atoms with Crippen LogP contribution in [0.4, 0.5) is 0 Å². The molecule has 0 bridgehead atoms. The van der Waals surface area contributed by atoms with Crippen molar-refractivity contribution in [2.24, 2.45) is 0 Å². The van der Waals surface area contributed by atoms with Gasteiger partial charge in [0.2, 0.25) is 0 Å². The normalized spacial score (nSPS) is 10.2. The highest BCUT2D eigenvalue weighted by Crippen LogP contribution is 2.10. The largest absolute Gasteiger partial charge is 0.328 e. The molecule has 0 atom stereocenters. The fraction of sp³-hybridized carbons (Fsp3) is 0.0909. The van der Waals surface area contributed by atoms with Crippen LogP contribution < -0.4 is 0 Å². The number of aldehydes is 1. The number of carbonyl (C=O) groups excluding carboxylic acids is 1. The lowest BCUT2D eigenvalue weighted by molar-refractivity contribution is 0.111. The fourth-order valence-corrected chi connectivity index (χ4v) is 1.65. The summed E-state index contributed by atoms with van der Waals surface area (Å²) in [5.41, 5.74) is 2.63. The third kappa shape index (κ3) is 1.89. The zero-order valence-electron chi connectivity index (χ0n) is 8.23. The first-order valence-electron chi connectivity index (χ1n) is 4.54. The maximum atomic E-state index is 10.6. The molecule has 0 unspecified atom stereocenters. The molecule has 0 aliphatic heterocycles. The van der Waals surface area contributed by atoms with Crippen molar-refractivity contribution in [3.63, 3.8) is 0 Å². The van der Waals surface area contributed by atoms with Gasteiger partial charge in [-0.1, -0.05) is 17.7 Å². The van der Waals surface area contributed by atoms with Gasteiger partial charge in [0.1, 0.15) is 0 Å². The van der Waals surface area contributed by atoms with Crippen LogP contribution in [0.1, 0.15) is 16.1 Å². The van der Waals surface area contributed by atoms with Crippen molar-refractivity contribution in [2.75, 3.05) is 0 Å². The van der Waals surface area contributed by atoms with Crippen molar-refractivity contribution in [3.05, 3.63) is 46.5 Å². The molecule has 76 valence electrons. The summed E-state index contributed by atoms with van der Waals surface area (Å²) in [7, 11) is 0. The molecule has 0 aliphatic rings. The molecule has 0 spiro atoms. The van der Waals surface area contributed by atoms with E-state index in [1.165, 1.54) is 5.56 Å². The summed E-state index contributed by atoms with van der Waals surface area (Å²) in [5, 5.41) is 0. The van der Waals surface area contributed by atoms with Gasteiger partial charge in [-0.15, -0.1) is 0 Å². The Kier molecular flexibility index (Phi) is 2.51. The van der Waals surface area contributed by atoms with Crippen molar-refractivity contribution >= 4 is 18.5 Å². The molecular formula is C11H10N2OS. The van der Waals surface area contributed by atoms with Crippen molar-refractivity contribution < 1.29 is 4.79 Å². The molecule has 0 radical (unpaired) electrons. The van der Waals surface area contributed by atoms with E-state index in [1.807, 2.05) is 31.2 Å². The van der Waals surface area contributed by atoms with Gasteiger partial charge in [-0.3, -0.25) is 9.36 Å². The van der Waals surface area contributed by atoms with E-state index in [4.69, 9.17) is 12.2 Å². The highest BCUT2D eigenvalue weighted by atomic mass is 32.1. The Bertz CT molecular complexity index is 536. The smallest absolute Gasteiger partial charge is 0.182 e. The van der Waals surface area contributed by atoms with E-state index < -0.39 is 0 Å². The Morgan fingerprint density at radius 2 is 2.00 bits per heavy atom. The second-order valence-electron chi connectivity index (χ2n) is 3.34. The van der Waals surface area contributed by atoms with Crippen LogP contribution in [-0.4, -0.2) is 15.8 Å². The van der Waals surface area contributed by atoms with Crippen LogP contribution >= 0.6 is 12.2 Å². The van der Waals surface area contributed by atoms with E-state index in [2.05, 4.69) is 4.98 Å². The Hall–Kier alpha value is -1.68. The van der Waals surface area contributed by atoms with Crippen molar-refractivity contribution in [1.29, 1.82) is 0 Å². The van der Waals surface area contributed by atoms with Crippen molar-refractivity contribution in [2.45, 2.75) is 6.92 Å². The maximum Gasteiger partial charge on any atom is 0.182 e. The molecule has 0 aliphatic carbocycles. The van der Waals surface area contributed by atoms with Crippen LogP contribution in [0, 0.1) is 11.7 Å². The second-order valence-corrected chi connectivity index (χ2v) is 3.72. The van der Waals surface area contributed by atoms with Gasteiger partial charge in [0, 0.05) is 11.9 Å². The minimum absolute atomic E-state index is 0.487. The van der Waals surface area contributed by atoms with E-state index in [1.54, 1.807) is 10.8 Å². The summed E-state index contributed by atoms with van der Waals surface area (Å²) >= 11 is 5.10. The lowest BCUT2D eigenvalue weighted by Gasteiger charge is -2.01. The molecule has 2 rings (SSSR count). The number of imidazole rings is 1. The van der Waals surface area contributed by atoms with Gasteiger partial charge in [0.05, 0.1) is 5.69 Å². The molecule has 0 fully saturated rings. The molecule has 4 heteroatoms. The summed E-state index contributed by atoms with van der Waals surface area (Å²) in [5.74, 6) is 0. The maximum absolute atomic E-state index is 10.6. The van der Waals surface area contributed by atoms with Gasteiger partial charge in [-0.05, 0) is 31.3 Å². The van der Waals surface area contributed by atoms with E-state index in [9.17, 15) is 4.79 Å². The number of benzene rings is 1. The molecule has 1 heterocycles. The summed E-state index contributed by atoms with van der Waals surface area (Å²) in [4.78, 5) is 13.4. The Morgan fingerprint density at radius 3 is 2.53 bits per heavy atom. The Labute approximate surface area is 92.4 Å². The average molecular weight is 218 g/mol. The van der Waals surface area contributed by atoms with E-state index in [0.717, 1.165) is 12.0 Å². The summed E-state index contributed by atoms with van der Waals surface area (Å²) in [6.07, 6.45) is 2.44. The molecular weight excluding hydrogens is 208 g/mol. The SMILES string of the molecule is Cc1ccc(-n2cc(C=O)[nH]c2=S)cc1. The Morgan fingerprint density at radius 1 is 1.33 bits per heavy atom. The van der Waals surface area contributed by atoms with Gasteiger partial charge in [0.25, 0.3) is 0 Å². The number of H-pyrrole nitrogens is 1. The van der Waals surface area contributed by atoms with Crippen LogP contribution in [0.25, 0.3) is 5.69 Å². The molecule has 15 heavy (non-hydrogen) atoms. The number of aromatic nitrogens is 2. The molecule has 1 aromatic carbocycles. The molecule has 1 aromatic heterocycles.